The van der Waals surface area contributed by atoms with Crippen molar-refractivity contribution in [3.05, 3.63) is 114 Å². The molecule has 5 aromatic rings. The Balaban J connectivity index is 1.49. The summed E-state index contributed by atoms with van der Waals surface area (Å²) in [5.74, 6) is 0.105. The van der Waals surface area contributed by atoms with Crippen LogP contribution in [0.1, 0.15) is 28.5 Å². The topological polar surface area (TPSA) is 104 Å². The number of carbonyl (C=O) groups excluding carboxylic acids is 2. The number of amides is 2. The van der Waals surface area contributed by atoms with Gasteiger partial charge in [0.2, 0.25) is 5.91 Å². The van der Waals surface area contributed by atoms with Gasteiger partial charge in [-0.15, -0.1) is 0 Å². The molecular weight excluding hydrogens is 544 g/mol. The number of hydrogen-bond acceptors (Lipinski definition) is 6. The summed E-state index contributed by atoms with van der Waals surface area (Å²) in [5.41, 5.74) is 3.44. The van der Waals surface area contributed by atoms with Crippen LogP contribution in [0.4, 0.5) is 11.4 Å². The van der Waals surface area contributed by atoms with E-state index < -0.39 is 0 Å². The molecule has 0 bridgehead atoms. The molecule has 1 heterocycles. The normalized spacial score (nSPS) is 10.6. The number of nitrogens with one attached hydrogen (secondary N) is 2. The van der Waals surface area contributed by atoms with Crippen LogP contribution >= 0.6 is 11.8 Å². The van der Waals surface area contributed by atoms with Crippen molar-refractivity contribution in [3.8, 4) is 22.9 Å². The molecule has 0 saturated carbocycles. The molecule has 0 atom stereocenters. The molecule has 208 valence electrons. The molecule has 0 aliphatic heterocycles. The number of aromatic nitrogens is 1. The highest BCUT2D eigenvalue weighted by atomic mass is 32.2. The standard InChI is InChI=1S/C34H28N4O3S/c1-3-41-26-18-16-24(17-19-26)32-28(20-35)34(36-22(2)31(32)33(40)37-25-12-5-4-6-13-25)42-21-30(39)38-29-15-9-11-23-10-7-8-14-27(23)29/h4-19H,3,21H2,1-2H3,(H,37,40)(H,38,39). The highest BCUT2D eigenvalue weighted by molar-refractivity contribution is 8.00. The van der Waals surface area contributed by atoms with E-state index >= 15 is 0 Å². The molecule has 0 fully saturated rings. The van der Waals surface area contributed by atoms with Crippen molar-refractivity contribution >= 4 is 45.7 Å². The van der Waals surface area contributed by atoms with E-state index in [2.05, 4.69) is 21.7 Å². The van der Waals surface area contributed by atoms with Gasteiger partial charge in [-0.1, -0.05) is 78.5 Å². The Morgan fingerprint density at radius 2 is 1.62 bits per heavy atom. The van der Waals surface area contributed by atoms with Crippen LogP contribution in [0, 0.1) is 18.3 Å². The van der Waals surface area contributed by atoms with Crippen LogP contribution in [0.3, 0.4) is 0 Å². The lowest BCUT2D eigenvalue weighted by Gasteiger charge is -2.17. The minimum atomic E-state index is -0.378. The van der Waals surface area contributed by atoms with Crippen LogP contribution in [0.25, 0.3) is 21.9 Å². The zero-order chi connectivity index (χ0) is 29.5. The third-order valence-electron chi connectivity index (χ3n) is 6.57. The van der Waals surface area contributed by atoms with Crippen molar-refractivity contribution in [1.82, 2.24) is 4.98 Å². The first-order valence-electron chi connectivity index (χ1n) is 13.4. The molecule has 0 aliphatic carbocycles. The molecule has 0 saturated heterocycles. The third-order valence-corrected chi connectivity index (χ3v) is 7.55. The number of aryl methyl sites for hydroxylation is 1. The summed E-state index contributed by atoms with van der Waals surface area (Å²) in [7, 11) is 0. The molecule has 0 aliphatic rings. The lowest BCUT2D eigenvalue weighted by molar-refractivity contribution is -0.113. The number of thioether (sulfide) groups is 1. The van der Waals surface area contributed by atoms with Gasteiger partial charge < -0.3 is 15.4 Å². The van der Waals surface area contributed by atoms with E-state index in [1.807, 2.05) is 79.7 Å². The summed E-state index contributed by atoms with van der Waals surface area (Å²) in [4.78, 5) is 31.3. The van der Waals surface area contributed by atoms with E-state index in [-0.39, 0.29) is 23.1 Å². The number of carbonyl (C=O) groups is 2. The maximum atomic E-state index is 13.6. The van der Waals surface area contributed by atoms with Gasteiger partial charge in [0.15, 0.2) is 0 Å². The van der Waals surface area contributed by atoms with Gasteiger partial charge in [0, 0.05) is 22.3 Å². The fraction of sp³-hybridized carbons (Fsp3) is 0.118. The monoisotopic (exact) mass is 572 g/mol. The molecule has 0 radical (unpaired) electrons. The summed E-state index contributed by atoms with van der Waals surface area (Å²) in [6.07, 6.45) is 0. The zero-order valence-electron chi connectivity index (χ0n) is 23.2. The molecule has 42 heavy (non-hydrogen) atoms. The zero-order valence-corrected chi connectivity index (χ0v) is 24.0. The van der Waals surface area contributed by atoms with Crippen LogP contribution in [-0.4, -0.2) is 29.2 Å². The predicted molar refractivity (Wildman–Crippen MR) is 168 cm³/mol. The molecule has 7 nitrogen and oxygen atoms in total. The Morgan fingerprint density at radius 3 is 2.36 bits per heavy atom. The molecule has 8 heteroatoms. The van der Waals surface area contributed by atoms with E-state index in [9.17, 15) is 14.9 Å². The summed E-state index contributed by atoms with van der Waals surface area (Å²) >= 11 is 1.16. The molecule has 2 amide bonds. The van der Waals surface area contributed by atoms with Gasteiger partial charge in [0.05, 0.1) is 29.2 Å². The summed E-state index contributed by atoms with van der Waals surface area (Å²) < 4.78 is 5.59. The fourth-order valence-electron chi connectivity index (χ4n) is 4.71. The van der Waals surface area contributed by atoms with E-state index in [0.717, 1.165) is 22.5 Å². The van der Waals surface area contributed by atoms with E-state index in [0.29, 0.717) is 51.1 Å². The minimum absolute atomic E-state index is 0.0304. The first-order valence-corrected chi connectivity index (χ1v) is 14.4. The van der Waals surface area contributed by atoms with Gasteiger partial charge >= 0.3 is 0 Å². The molecular formula is C34H28N4O3S. The molecule has 5 rings (SSSR count). The lowest BCUT2D eigenvalue weighted by atomic mass is 9.94. The SMILES string of the molecule is CCOc1ccc(-c2c(C#N)c(SCC(=O)Nc3cccc4ccccc34)nc(C)c2C(=O)Nc2ccccc2)cc1. The smallest absolute Gasteiger partial charge is 0.258 e. The van der Waals surface area contributed by atoms with Crippen LogP contribution < -0.4 is 15.4 Å². The maximum absolute atomic E-state index is 13.6. The van der Waals surface area contributed by atoms with Crippen molar-refractivity contribution < 1.29 is 14.3 Å². The number of para-hydroxylation sites is 1. The average molecular weight is 573 g/mol. The number of anilines is 2. The molecule has 1 aromatic heterocycles. The number of ether oxygens (including phenoxy) is 1. The number of benzene rings is 4. The van der Waals surface area contributed by atoms with E-state index in [4.69, 9.17) is 4.74 Å². The number of nitrogens with zero attached hydrogens (tertiary/aromatic N) is 2. The first-order chi connectivity index (χ1) is 20.5. The summed E-state index contributed by atoms with van der Waals surface area (Å²) in [6.45, 7) is 4.16. The highest BCUT2D eigenvalue weighted by Crippen LogP contribution is 2.36. The average Bonchev–Trinajstić information content (AvgIpc) is 3.01. The van der Waals surface area contributed by atoms with Gasteiger partial charge in [0.1, 0.15) is 16.8 Å². The Bertz CT molecular complexity index is 1790. The number of pyridine rings is 1. The molecule has 2 N–H and O–H groups in total. The predicted octanol–water partition coefficient (Wildman–Crippen LogP) is 7.46. The van der Waals surface area contributed by atoms with Crippen molar-refractivity contribution in [2.45, 2.75) is 18.9 Å². The van der Waals surface area contributed by atoms with Gasteiger partial charge in [-0.3, -0.25) is 9.59 Å². The highest BCUT2D eigenvalue weighted by Gasteiger charge is 2.25. The van der Waals surface area contributed by atoms with Gasteiger partial charge in [0.25, 0.3) is 5.91 Å². The van der Waals surface area contributed by atoms with E-state index in [1.54, 1.807) is 31.2 Å². The first kappa shape index (κ1) is 28.4. The van der Waals surface area contributed by atoms with Crippen molar-refractivity contribution in [2.75, 3.05) is 23.0 Å². The molecule has 0 unspecified atom stereocenters. The quantitative estimate of drug-likeness (QED) is 0.178. The molecule has 4 aromatic carbocycles. The Kier molecular flexibility index (Phi) is 8.81. The number of nitriles is 1. The Morgan fingerprint density at radius 1 is 0.905 bits per heavy atom. The third kappa shape index (κ3) is 6.27. The maximum Gasteiger partial charge on any atom is 0.258 e. The minimum Gasteiger partial charge on any atom is -0.494 e. The van der Waals surface area contributed by atoms with Crippen molar-refractivity contribution in [1.29, 1.82) is 5.26 Å². The number of rotatable bonds is 9. The number of fused-ring (bicyclic) bond motifs is 1. The van der Waals surface area contributed by atoms with Crippen molar-refractivity contribution in [3.63, 3.8) is 0 Å². The van der Waals surface area contributed by atoms with Gasteiger partial charge in [-0.2, -0.15) is 5.26 Å². The summed E-state index contributed by atoms with van der Waals surface area (Å²) in [6, 6.07) is 32.2. The van der Waals surface area contributed by atoms with Crippen LogP contribution in [0.15, 0.2) is 102 Å². The second-order valence-corrected chi connectivity index (χ2v) is 10.3. The summed E-state index contributed by atoms with van der Waals surface area (Å²) in [5, 5.41) is 18.6. The largest absolute Gasteiger partial charge is 0.494 e. The van der Waals surface area contributed by atoms with Crippen molar-refractivity contribution in [2.24, 2.45) is 0 Å². The lowest BCUT2D eigenvalue weighted by Crippen LogP contribution is -2.18. The van der Waals surface area contributed by atoms with Crippen LogP contribution in [0.5, 0.6) is 5.75 Å². The van der Waals surface area contributed by atoms with Gasteiger partial charge in [-0.05, 0) is 55.1 Å². The Hall–Kier alpha value is -5.13. The Labute approximate surface area is 248 Å². The fourth-order valence-corrected chi connectivity index (χ4v) is 5.54. The number of hydrogen-bond donors (Lipinski definition) is 2. The van der Waals surface area contributed by atoms with Gasteiger partial charge in [-0.25, -0.2) is 4.98 Å². The molecule has 0 spiro atoms. The second kappa shape index (κ2) is 13.0. The van der Waals surface area contributed by atoms with Crippen LogP contribution in [0.2, 0.25) is 0 Å². The van der Waals surface area contributed by atoms with E-state index in [1.165, 1.54) is 0 Å². The second-order valence-electron chi connectivity index (χ2n) is 9.38. The van der Waals surface area contributed by atoms with Crippen LogP contribution in [-0.2, 0) is 4.79 Å².